The van der Waals surface area contributed by atoms with Crippen LogP contribution in [0.3, 0.4) is 0 Å². The molecule has 0 fully saturated rings. The fourth-order valence-electron chi connectivity index (χ4n) is 3.07. The van der Waals surface area contributed by atoms with Gasteiger partial charge in [0.1, 0.15) is 5.69 Å². The number of aromatic nitrogens is 1. The minimum absolute atomic E-state index is 0.0254. The molecule has 1 aromatic heterocycles. The van der Waals surface area contributed by atoms with Crippen LogP contribution >= 0.6 is 0 Å². The third kappa shape index (κ3) is 1.98. The van der Waals surface area contributed by atoms with Crippen LogP contribution < -0.4 is 0 Å². The largest absolute Gasteiger partial charge is 0.464 e. The van der Waals surface area contributed by atoms with Crippen molar-refractivity contribution < 1.29 is 14.3 Å². The summed E-state index contributed by atoms with van der Waals surface area (Å²) in [4.78, 5) is 24.7. The Bertz CT molecular complexity index is 742. The zero-order valence-corrected chi connectivity index (χ0v) is 12.3. The number of benzene rings is 1. The summed E-state index contributed by atoms with van der Waals surface area (Å²) in [6.07, 6.45) is 0.791. The van der Waals surface area contributed by atoms with E-state index in [4.69, 9.17) is 4.74 Å². The molecule has 4 heteroatoms. The SMILES string of the molecule is COC(=O)c1cc2c(n1C)C(=O)c1ccccc1CC2C. The average molecular weight is 283 g/mol. The maximum atomic E-state index is 12.8. The highest BCUT2D eigenvalue weighted by Gasteiger charge is 2.30. The molecule has 21 heavy (non-hydrogen) atoms. The molecular formula is C17H17NO3. The monoisotopic (exact) mass is 283 g/mol. The molecule has 0 saturated carbocycles. The molecule has 0 N–H and O–H groups in total. The maximum Gasteiger partial charge on any atom is 0.354 e. The topological polar surface area (TPSA) is 48.3 Å². The molecule has 1 aliphatic carbocycles. The van der Waals surface area contributed by atoms with Crippen LogP contribution in [0.25, 0.3) is 0 Å². The normalized spacial score (nSPS) is 16.9. The van der Waals surface area contributed by atoms with Gasteiger partial charge in [0, 0.05) is 12.6 Å². The number of carbonyl (C=O) groups excluding carboxylic acids is 2. The number of nitrogens with zero attached hydrogens (tertiary/aromatic N) is 1. The van der Waals surface area contributed by atoms with Crippen molar-refractivity contribution in [3.05, 3.63) is 58.4 Å². The Morgan fingerprint density at radius 2 is 2.05 bits per heavy atom. The third-order valence-electron chi connectivity index (χ3n) is 4.19. The molecule has 4 nitrogen and oxygen atoms in total. The van der Waals surface area contributed by atoms with E-state index in [-0.39, 0.29) is 11.7 Å². The lowest BCUT2D eigenvalue weighted by Crippen LogP contribution is -2.14. The van der Waals surface area contributed by atoms with E-state index < -0.39 is 5.97 Å². The molecule has 0 spiro atoms. The first kappa shape index (κ1) is 13.6. The molecule has 108 valence electrons. The summed E-state index contributed by atoms with van der Waals surface area (Å²) in [6.45, 7) is 2.08. The van der Waals surface area contributed by atoms with Crippen molar-refractivity contribution >= 4 is 11.8 Å². The van der Waals surface area contributed by atoms with Crippen LogP contribution in [-0.2, 0) is 18.2 Å². The standard InChI is InChI=1S/C17H17NO3/c1-10-8-11-6-4-5-7-12(11)16(19)15-13(10)9-14(18(15)2)17(20)21-3/h4-7,9-10H,8H2,1-3H3. The summed E-state index contributed by atoms with van der Waals surface area (Å²) in [5.74, 6) is -0.265. The Morgan fingerprint density at radius 3 is 2.76 bits per heavy atom. The Labute approximate surface area is 123 Å². The highest BCUT2D eigenvalue weighted by molar-refractivity contribution is 6.11. The molecule has 0 bridgehead atoms. The van der Waals surface area contributed by atoms with E-state index in [0.29, 0.717) is 11.4 Å². The van der Waals surface area contributed by atoms with Gasteiger partial charge in [0.2, 0.25) is 5.78 Å². The molecule has 2 aromatic rings. The van der Waals surface area contributed by atoms with Gasteiger partial charge in [0.05, 0.1) is 12.8 Å². The summed E-state index contributed by atoms with van der Waals surface area (Å²) >= 11 is 0. The van der Waals surface area contributed by atoms with Crippen molar-refractivity contribution in [3.8, 4) is 0 Å². The molecule has 1 aromatic carbocycles. The smallest absolute Gasteiger partial charge is 0.354 e. The van der Waals surface area contributed by atoms with Crippen molar-refractivity contribution in [1.29, 1.82) is 0 Å². The van der Waals surface area contributed by atoms with Crippen molar-refractivity contribution in [3.63, 3.8) is 0 Å². The van der Waals surface area contributed by atoms with Crippen LogP contribution in [0.1, 0.15) is 50.5 Å². The van der Waals surface area contributed by atoms with E-state index in [9.17, 15) is 9.59 Å². The molecule has 0 aliphatic heterocycles. The fraction of sp³-hybridized carbons (Fsp3) is 0.294. The molecule has 0 saturated heterocycles. The van der Waals surface area contributed by atoms with Crippen molar-refractivity contribution in [2.24, 2.45) is 7.05 Å². The molecule has 0 amide bonds. The van der Waals surface area contributed by atoms with E-state index >= 15 is 0 Å². The quantitative estimate of drug-likeness (QED) is 0.756. The van der Waals surface area contributed by atoms with Gasteiger partial charge in [-0.25, -0.2) is 4.79 Å². The fourth-order valence-corrected chi connectivity index (χ4v) is 3.07. The number of hydrogen-bond donors (Lipinski definition) is 0. The molecular weight excluding hydrogens is 266 g/mol. The van der Waals surface area contributed by atoms with Crippen LogP contribution in [0.4, 0.5) is 0 Å². The number of fused-ring (bicyclic) bond motifs is 2. The Balaban J connectivity index is 2.24. The van der Waals surface area contributed by atoms with Crippen LogP contribution in [0.5, 0.6) is 0 Å². The zero-order chi connectivity index (χ0) is 15.1. The van der Waals surface area contributed by atoms with Gasteiger partial charge in [-0.2, -0.15) is 0 Å². The lowest BCUT2D eigenvalue weighted by Gasteiger charge is -2.08. The van der Waals surface area contributed by atoms with Crippen LogP contribution in [-0.4, -0.2) is 23.4 Å². The van der Waals surface area contributed by atoms with Gasteiger partial charge in [-0.3, -0.25) is 4.79 Å². The predicted octanol–water partition coefficient (Wildman–Crippen LogP) is 2.70. The average Bonchev–Trinajstić information content (AvgIpc) is 2.79. The first-order chi connectivity index (χ1) is 10.0. The van der Waals surface area contributed by atoms with Gasteiger partial charge in [-0.15, -0.1) is 0 Å². The van der Waals surface area contributed by atoms with E-state index in [1.165, 1.54) is 7.11 Å². The highest BCUT2D eigenvalue weighted by atomic mass is 16.5. The Kier molecular flexibility index (Phi) is 3.16. The summed E-state index contributed by atoms with van der Waals surface area (Å²) in [6, 6.07) is 9.46. The first-order valence-corrected chi connectivity index (χ1v) is 6.95. The Morgan fingerprint density at radius 1 is 1.33 bits per heavy atom. The lowest BCUT2D eigenvalue weighted by molar-refractivity contribution is 0.0590. The summed E-state index contributed by atoms with van der Waals surface area (Å²) < 4.78 is 6.45. The maximum absolute atomic E-state index is 12.8. The molecule has 1 unspecified atom stereocenters. The predicted molar refractivity (Wildman–Crippen MR) is 78.7 cm³/mol. The Hall–Kier alpha value is -2.36. The second-order valence-electron chi connectivity index (χ2n) is 5.48. The molecule has 0 radical (unpaired) electrons. The van der Waals surface area contributed by atoms with Crippen LogP contribution in [0, 0.1) is 0 Å². The van der Waals surface area contributed by atoms with E-state index in [2.05, 4.69) is 6.92 Å². The number of rotatable bonds is 1. The number of carbonyl (C=O) groups is 2. The van der Waals surface area contributed by atoms with Crippen molar-refractivity contribution in [2.75, 3.05) is 7.11 Å². The van der Waals surface area contributed by atoms with Gasteiger partial charge in [-0.1, -0.05) is 31.2 Å². The van der Waals surface area contributed by atoms with Gasteiger partial charge in [-0.05, 0) is 29.5 Å². The summed E-state index contributed by atoms with van der Waals surface area (Å²) in [5.41, 5.74) is 3.71. The van der Waals surface area contributed by atoms with Crippen LogP contribution in [0.15, 0.2) is 30.3 Å². The molecule has 1 heterocycles. The molecule has 1 aliphatic rings. The molecule has 1 atom stereocenters. The number of esters is 1. The van der Waals surface area contributed by atoms with E-state index in [1.807, 2.05) is 24.3 Å². The zero-order valence-electron chi connectivity index (χ0n) is 12.3. The summed E-state index contributed by atoms with van der Waals surface area (Å²) in [7, 11) is 3.09. The van der Waals surface area contributed by atoms with Crippen LogP contribution in [0.2, 0.25) is 0 Å². The number of ether oxygens (including phenoxy) is 1. The van der Waals surface area contributed by atoms with Gasteiger partial charge < -0.3 is 9.30 Å². The lowest BCUT2D eigenvalue weighted by atomic mass is 9.95. The second kappa shape index (κ2) is 4.88. The first-order valence-electron chi connectivity index (χ1n) is 6.95. The second-order valence-corrected chi connectivity index (χ2v) is 5.48. The van der Waals surface area contributed by atoms with Gasteiger partial charge >= 0.3 is 5.97 Å². The van der Waals surface area contributed by atoms with Crippen molar-refractivity contribution in [1.82, 2.24) is 4.57 Å². The van der Waals surface area contributed by atoms with Gasteiger partial charge in [0.25, 0.3) is 0 Å². The number of methoxy groups -OCH3 is 1. The number of ketones is 1. The highest BCUT2D eigenvalue weighted by Crippen LogP contribution is 2.33. The molecule has 3 rings (SSSR count). The van der Waals surface area contributed by atoms with Crippen molar-refractivity contribution in [2.45, 2.75) is 19.3 Å². The third-order valence-corrected chi connectivity index (χ3v) is 4.19. The summed E-state index contributed by atoms with van der Waals surface area (Å²) in [5, 5.41) is 0. The van der Waals surface area contributed by atoms with Gasteiger partial charge in [0.15, 0.2) is 0 Å². The minimum atomic E-state index is -0.418. The van der Waals surface area contributed by atoms with E-state index in [1.54, 1.807) is 17.7 Å². The van der Waals surface area contributed by atoms with E-state index in [0.717, 1.165) is 23.1 Å². The number of hydrogen-bond acceptors (Lipinski definition) is 3. The minimum Gasteiger partial charge on any atom is -0.464 e.